The number of carboxylic acid groups (broad SMARTS) is 2. The van der Waals surface area contributed by atoms with Crippen molar-refractivity contribution in [3.05, 3.63) is 0 Å². The highest BCUT2D eigenvalue weighted by molar-refractivity contribution is 7.87. The van der Waals surface area contributed by atoms with Crippen LogP contribution >= 0.6 is 0 Å². The molecule has 0 amide bonds. The maximum Gasteiger partial charge on any atom is 0.321 e. The van der Waals surface area contributed by atoms with E-state index in [0.717, 1.165) is 0 Å². The van der Waals surface area contributed by atoms with Gasteiger partial charge in [0.1, 0.15) is 6.04 Å². The van der Waals surface area contributed by atoms with Crippen molar-refractivity contribution in [3.63, 3.8) is 0 Å². The number of carboxylic acids is 2. The van der Waals surface area contributed by atoms with Crippen LogP contribution in [0, 0.1) is 0 Å². The van der Waals surface area contributed by atoms with Crippen LogP contribution < -0.4 is 9.86 Å². The fraction of sp³-hybridized carbons (Fsp3) is 0.667. The molecule has 1 atom stereocenters. The van der Waals surface area contributed by atoms with Gasteiger partial charge in [-0.25, -0.2) is 5.14 Å². The van der Waals surface area contributed by atoms with E-state index < -0.39 is 28.2 Å². The molecule has 0 unspecified atom stereocenters. The molecule has 0 bridgehead atoms. The van der Waals surface area contributed by atoms with Gasteiger partial charge in [-0.15, -0.1) is 0 Å². The summed E-state index contributed by atoms with van der Waals surface area (Å²) < 4.78 is 22.7. The summed E-state index contributed by atoms with van der Waals surface area (Å²) in [6, 6.07) is -1.39. The minimum Gasteiger partial charge on any atom is -0.481 e. The summed E-state index contributed by atoms with van der Waals surface area (Å²) in [7, 11) is -4.10. The van der Waals surface area contributed by atoms with Gasteiger partial charge in [0.15, 0.2) is 0 Å². The van der Waals surface area contributed by atoms with E-state index in [9.17, 15) is 18.0 Å². The third-order valence-corrected chi connectivity index (χ3v) is 2.10. The van der Waals surface area contributed by atoms with Gasteiger partial charge in [-0.1, -0.05) is 0 Å². The van der Waals surface area contributed by atoms with Gasteiger partial charge >= 0.3 is 11.9 Å². The Kier molecular flexibility index (Phi) is 5.19. The molecule has 88 valence electrons. The lowest BCUT2D eigenvalue weighted by molar-refractivity contribution is -0.140. The molecule has 0 spiro atoms. The number of carbonyl (C=O) groups is 2. The lowest BCUT2D eigenvalue weighted by Crippen LogP contribution is -2.44. The van der Waals surface area contributed by atoms with Crippen molar-refractivity contribution in [3.8, 4) is 0 Å². The monoisotopic (exact) mass is 240 g/mol. The van der Waals surface area contributed by atoms with Crippen LogP contribution in [-0.2, 0) is 19.8 Å². The molecule has 0 saturated carbocycles. The van der Waals surface area contributed by atoms with E-state index in [-0.39, 0.29) is 19.3 Å². The average molecular weight is 240 g/mol. The summed E-state index contributed by atoms with van der Waals surface area (Å²) in [5.74, 6) is -2.47. The van der Waals surface area contributed by atoms with Gasteiger partial charge in [0.25, 0.3) is 10.2 Å². The number of rotatable bonds is 7. The Labute approximate surface area is 86.3 Å². The van der Waals surface area contributed by atoms with Crippen molar-refractivity contribution in [2.45, 2.75) is 25.3 Å². The van der Waals surface area contributed by atoms with Gasteiger partial charge in [0.2, 0.25) is 0 Å². The first kappa shape index (κ1) is 13.8. The third-order valence-electron chi connectivity index (χ3n) is 1.49. The lowest BCUT2D eigenvalue weighted by atomic mass is 10.1. The normalized spacial score (nSPS) is 13.4. The van der Waals surface area contributed by atoms with Crippen molar-refractivity contribution in [2.75, 3.05) is 0 Å². The van der Waals surface area contributed by atoms with E-state index in [1.165, 1.54) is 0 Å². The van der Waals surface area contributed by atoms with Crippen LogP contribution in [0.2, 0.25) is 0 Å². The second kappa shape index (κ2) is 5.63. The molecule has 0 aliphatic heterocycles. The van der Waals surface area contributed by atoms with Crippen molar-refractivity contribution < 1.29 is 28.2 Å². The molecule has 0 radical (unpaired) electrons. The first-order valence-corrected chi connectivity index (χ1v) is 5.51. The molecular formula is C6H12N2O6S. The van der Waals surface area contributed by atoms with Gasteiger partial charge in [0.05, 0.1) is 0 Å². The largest absolute Gasteiger partial charge is 0.481 e. The fourth-order valence-electron chi connectivity index (χ4n) is 0.889. The standard InChI is InChI=1S/C6H12N2O6S/c7-15(13,14)8-4(6(11)12)2-1-3-5(9)10/h4,8H,1-3H2,(H,9,10)(H,11,12)(H2,7,13,14)/t4-/m1/s1. The summed E-state index contributed by atoms with van der Waals surface area (Å²) in [6.45, 7) is 0. The molecule has 0 rings (SSSR count). The van der Waals surface area contributed by atoms with E-state index in [1.807, 2.05) is 0 Å². The zero-order chi connectivity index (χ0) is 12.1. The molecule has 5 N–H and O–H groups in total. The van der Waals surface area contributed by atoms with E-state index >= 15 is 0 Å². The SMILES string of the molecule is NS(=O)(=O)N[C@H](CCCC(=O)O)C(=O)O. The van der Waals surface area contributed by atoms with Crippen LogP contribution in [0.1, 0.15) is 19.3 Å². The molecule has 0 aromatic carbocycles. The van der Waals surface area contributed by atoms with Crippen LogP contribution in [-0.4, -0.2) is 36.6 Å². The molecule has 0 aliphatic carbocycles. The summed E-state index contributed by atoms with van der Waals surface area (Å²) in [5.41, 5.74) is 0. The van der Waals surface area contributed by atoms with E-state index in [0.29, 0.717) is 0 Å². The van der Waals surface area contributed by atoms with Crippen molar-refractivity contribution in [2.24, 2.45) is 5.14 Å². The fourth-order valence-corrected chi connectivity index (χ4v) is 1.50. The van der Waals surface area contributed by atoms with Crippen LogP contribution in [0.25, 0.3) is 0 Å². The molecule has 0 aromatic rings. The van der Waals surface area contributed by atoms with Gasteiger partial charge < -0.3 is 10.2 Å². The molecule has 0 saturated heterocycles. The molecule has 15 heavy (non-hydrogen) atoms. The summed E-state index contributed by atoms with van der Waals surface area (Å²) >= 11 is 0. The smallest absolute Gasteiger partial charge is 0.321 e. The zero-order valence-corrected chi connectivity index (χ0v) is 8.53. The number of hydrogen-bond acceptors (Lipinski definition) is 4. The molecule has 8 nitrogen and oxygen atoms in total. The number of aliphatic carboxylic acids is 2. The summed E-state index contributed by atoms with van der Waals surface area (Å²) in [5, 5.41) is 21.4. The second-order valence-corrected chi connectivity index (χ2v) is 4.17. The topological polar surface area (TPSA) is 147 Å². The van der Waals surface area contributed by atoms with E-state index in [4.69, 9.17) is 10.2 Å². The highest BCUT2D eigenvalue weighted by Crippen LogP contribution is 2.02. The Morgan fingerprint density at radius 2 is 1.87 bits per heavy atom. The zero-order valence-electron chi connectivity index (χ0n) is 7.71. The Morgan fingerprint density at radius 1 is 1.33 bits per heavy atom. The number of hydrogen-bond donors (Lipinski definition) is 4. The predicted molar refractivity (Wildman–Crippen MR) is 49.2 cm³/mol. The number of nitrogens with one attached hydrogen (secondary N) is 1. The average Bonchev–Trinajstić information content (AvgIpc) is 1.99. The van der Waals surface area contributed by atoms with Crippen LogP contribution in [0.4, 0.5) is 0 Å². The Hall–Kier alpha value is -1.19. The molecule has 9 heteroatoms. The second-order valence-electron chi connectivity index (χ2n) is 2.84. The Bertz CT molecular complexity index is 338. The van der Waals surface area contributed by atoms with Crippen LogP contribution in [0.3, 0.4) is 0 Å². The van der Waals surface area contributed by atoms with Gasteiger partial charge in [-0.3, -0.25) is 9.59 Å². The predicted octanol–water partition coefficient (Wildman–Crippen LogP) is -1.51. The van der Waals surface area contributed by atoms with Crippen molar-refractivity contribution in [1.29, 1.82) is 0 Å². The first-order valence-electron chi connectivity index (χ1n) is 3.97. The van der Waals surface area contributed by atoms with Crippen molar-refractivity contribution >= 4 is 22.1 Å². The molecule has 0 fully saturated rings. The quantitative estimate of drug-likeness (QED) is 0.425. The molecule has 0 aromatic heterocycles. The minimum absolute atomic E-state index is 0.0504. The maximum atomic E-state index is 10.5. The number of nitrogens with two attached hydrogens (primary N) is 1. The summed E-state index contributed by atoms with van der Waals surface area (Å²) in [6.07, 6.45) is -0.303. The van der Waals surface area contributed by atoms with Gasteiger partial charge in [-0.2, -0.15) is 13.1 Å². The van der Waals surface area contributed by atoms with E-state index in [1.54, 1.807) is 4.72 Å². The lowest BCUT2D eigenvalue weighted by Gasteiger charge is -2.11. The molecule has 0 aliphatic rings. The highest BCUT2D eigenvalue weighted by Gasteiger charge is 2.21. The molecular weight excluding hydrogens is 228 g/mol. The Morgan fingerprint density at radius 3 is 2.20 bits per heavy atom. The molecule has 0 heterocycles. The van der Waals surface area contributed by atoms with E-state index in [2.05, 4.69) is 5.14 Å². The maximum absolute atomic E-state index is 10.5. The summed E-state index contributed by atoms with van der Waals surface area (Å²) in [4.78, 5) is 20.6. The van der Waals surface area contributed by atoms with Crippen LogP contribution in [0.15, 0.2) is 0 Å². The minimum atomic E-state index is -4.10. The van der Waals surface area contributed by atoms with Crippen LogP contribution in [0.5, 0.6) is 0 Å². The Balaban J connectivity index is 4.18. The third kappa shape index (κ3) is 7.85. The van der Waals surface area contributed by atoms with Gasteiger partial charge in [0, 0.05) is 6.42 Å². The highest BCUT2D eigenvalue weighted by atomic mass is 32.2. The first-order chi connectivity index (χ1) is 6.72. The van der Waals surface area contributed by atoms with Gasteiger partial charge in [-0.05, 0) is 12.8 Å². The van der Waals surface area contributed by atoms with Crippen molar-refractivity contribution in [1.82, 2.24) is 4.72 Å².